The number of ketones is 1. The van der Waals surface area contributed by atoms with E-state index in [1.807, 2.05) is 61.5 Å². The number of hydrogen-bond donors (Lipinski definition) is 5. The van der Waals surface area contributed by atoms with Gasteiger partial charge in [0.2, 0.25) is 29.5 Å². The predicted octanol–water partition coefficient (Wildman–Crippen LogP) is -1.44. The number of rotatable bonds is 38. The van der Waals surface area contributed by atoms with Crippen LogP contribution in [0.4, 0.5) is 0 Å². The standard InChI is InChI=1S/C56H76N5O14PS2.2BrH/c1-6-9-13-28-48(63)58-44(56(71)73-5)31-34-51(66)61-46(54(69)57-37-53(68)75-8-3)39-78-77-38-45(47(62)32-35-52(67)74-7-2)60-50(65)33-30-43(55(70)72-4)59-49(64)29-20-21-36-76(40-22-14-10-15-23-40,41-24-16-11-17-25-41)42-26-18-12-19-27-42;;/h10-12,14-19,22-27,43-46H,6-9,13,20-21,28-39H2,1-5H3,(H4-,57,58,59,60,61,63,64,65,66,69);2*1H/p-1. The minimum Gasteiger partial charge on any atom is -1.00 e. The third-order valence-corrected chi connectivity index (χ3v) is 19.2. The van der Waals surface area contributed by atoms with Crippen LogP contribution in [0.5, 0.6) is 0 Å². The van der Waals surface area contributed by atoms with Crippen LogP contribution in [0.2, 0.25) is 0 Å². The summed E-state index contributed by atoms with van der Waals surface area (Å²) in [6.07, 6.45) is 3.22. The van der Waals surface area contributed by atoms with E-state index < -0.39 is 91.3 Å². The van der Waals surface area contributed by atoms with Gasteiger partial charge in [-0.3, -0.25) is 38.4 Å². The van der Waals surface area contributed by atoms with Crippen LogP contribution in [0.25, 0.3) is 0 Å². The largest absolute Gasteiger partial charge is 1.00 e. The summed E-state index contributed by atoms with van der Waals surface area (Å²) in [5.74, 6) is -6.30. The fourth-order valence-electron chi connectivity index (χ4n) is 8.21. The Labute approximate surface area is 499 Å². The first-order valence-corrected chi connectivity index (χ1v) is 30.8. The first-order chi connectivity index (χ1) is 37.6. The zero-order valence-corrected chi connectivity index (χ0v) is 51.8. The maximum atomic E-state index is 13.6. The molecule has 0 spiro atoms. The highest BCUT2D eigenvalue weighted by atomic mass is 79.9. The number of carbonyl (C=O) groups is 10. The number of esters is 4. The predicted molar refractivity (Wildman–Crippen MR) is 304 cm³/mol. The smallest absolute Gasteiger partial charge is 0.328 e. The van der Waals surface area contributed by atoms with Gasteiger partial charge in [0.05, 0.1) is 46.1 Å². The number of ether oxygens (including phenoxy) is 4. The summed E-state index contributed by atoms with van der Waals surface area (Å²) in [5, 5.41) is 16.7. The van der Waals surface area contributed by atoms with Crippen LogP contribution in [-0.4, -0.2) is 135 Å². The average molecular weight is 1300 g/mol. The Balaban J connectivity index is 0.0000160. The van der Waals surface area contributed by atoms with Crippen LogP contribution in [0.15, 0.2) is 91.0 Å². The van der Waals surface area contributed by atoms with E-state index in [4.69, 9.17) is 18.9 Å². The number of amides is 5. The van der Waals surface area contributed by atoms with Gasteiger partial charge < -0.3 is 79.5 Å². The molecule has 4 unspecified atom stereocenters. The molecule has 80 heavy (non-hydrogen) atoms. The van der Waals surface area contributed by atoms with Gasteiger partial charge in [-0.05, 0) is 82.3 Å². The lowest BCUT2D eigenvalue weighted by Gasteiger charge is -2.27. The number of hydrogen-bond acceptors (Lipinski definition) is 16. The minimum absolute atomic E-state index is 0. The maximum Gasteiger partial charge on any atom is 0.328 e. The third kappa shape index (κ3) is 26.5. The lowest BCUT2D eigenvalue weighted by atomic mass is 10.1. The molecule has 0 radical (unpaired) electrons. The van der Waals surface area contributed by atoms with Gasteiger partial charge in [0, 0.05) is 43.6 Å². The van der Waals surface area contributed by atoms with Gasteiger partial charge in [-0.15, -0.1) is 0 Å². The maximum absolute atomic E-state index is 13.6. The molecule has 0 saturated carbocycles. The van der Waals surface area contributed by atoms with Gasteiger partial charge in [-0.25, -0.2) is 9.59 Å². The number of Topliss-reactive ketones (excluding diaryl/α,β-unsaturated/α-hetero) is 1. The molecule has 3 aromatic rings. The topological polar surface area (TPSA) is 268 Å². The molecule has 4 atom stereocenters. The van der Waals surface area contributed by atoms with E-state index in [2.05, 4.69) is 63.0 Å². The van der Waals surface area contributed by atoms with Crippen molar-refractivity contribution >= 4 is 104 Å². The number of halogens is 2. The zero-order chi connectivity index (χ0) is 57.1. The fraction of sp³-hybridized carbons (Fsp3) is 0.500. The van der Waals surface area contributed by atoms with Crippen molar-refractivity contribution in [1.82, 2.24) is 26.6 Å². The molecular weight excluding hydrogens is 1220 g/mol. The SMILES string of the molecule is CCCCCC(=O)NC(CCC(=O)NC(CSSCC(NC(=O)CCC(NC(=O)CCCC[P+](c1ccccc1)(c1ccccc1)c1ccccc1)C(=O)OC)C(=O)CCC(=O)OCC)C(=O)NCC(=O)OCC)C(=O)OC.[Br-].[Br-]. The van der Waals surface area contributed by atoms with E-state index in [1.54, 1.807) is 13.8 Å². The Morgan fingerprint density at radius 3 is 1.31 bits per heavy atom. The zero-order valence-electron chi connectivity index (χ0n) is 46.1. The summed E-state index contributed by atoms with van der Waals surface area (Å²) in [7, 11) is 2.34. The van der Waals surface area contributed by atoms with Crippen molar-refractivity contribution in [3.63, 3.8) is 0 Å². The Bertz CT molecular complexity index is 2300. The lowest BCUT2D eigenvalue weighted by Crippen LogP contribution is -3.00. The summed E-state index contributed by atoms with van der Waals surface area (Å²) in [5.41, 5.74) is 0. The van der Waals surface area contributed by atoms with E-state index in [0.29, 0.717) is 19.3 Å². The molecule has 0 aromatic heterocycles. The van der Waals surface area contributed by atoms with Crippen molar-refractivity contribution in [3.05, 3.63) is 91.0 Å². The van der Waals surface area contributed by atoms with Gasteiger partial charge in [-0.1, -0.05) is 96.0 Å². The van der Waals surface area contributed by atoms with Gasteiger partial charge in [-0.2, -0.15) is 0 Å². The minimum atomic E-state index is -2.13. The number of carbonyl (C=O) groups excluding carboxylic acids is 10. The number of methoxy groups -OCH3 is 2. The van der Waals surface area contributed by atoms with E-state index in [0.717, 1.165) is 47.7 Å². The fourth-order valence-corrected chi connectivity index (χ4v) is 15.0. The monoisotopic (exact) mass is 1300 g/mol. The molecule has 5 amide bonds. The second kappa shape index (κ2) is 41.6. The van der Waals surface area contributed by atoms with Crippen LogP contribution < -0.4 is 76.5 Å². The summed E-state index contributed by atoms with van der Waals surface area (Å²) in [4.78, 5) is 129. The molecule has 24 heteroatoms. The van der Waals surface area contributed by atoms with Gasteiger partial charge in [0.1, 0.15) is 47.8 Å². The summed E-state index contributed by atoms with van der Waals surface area (Å²) in [6.45, 7) is 4.89. The molecule has 0 aliphatic carbocycles. The lowest BCUT2D eigenvalue weighted by molar-refractivity contribution is -0.146. The Morgan fingerprint density at radius 1 is 0.475 bits per heavy atom. The van der Waals surface area contributed by atoms with Gasteiger partial charge in [0.25, 0.3) is 0 Å². The molecule has 0 fully saturated rings. The van der Waals surface area contributed by atoms with Crippen LogP contribution >= 0.6 is 28.9 Å². The van der Waals surface area contributed by atoms with Crippen molar-refractivity contribution in [2.75, 3.05) is 51.6 Å². The second-order valence-corrected chi connectivity index (χ2v) is 24.1. The van der Waals surface area contributed by atoms with Gasteiger partial charge >= 0.3 is 23.9 Å². The van der Waals surface area contributed by atoms with Gasteiger partial charge in [0.15, 0.2) is 5.78 Å². The number of nitrogens with one attached hydrogen (secondary N) is 5. The Morgan fingerprint density at radius 2 is 0.875 bits per heavy atom. The number of benzene rings is 3. The highest BCUT2D eigenvalue weighted by molar-refractivity contribution is 8.76. The highest BCUT2D eigenvalue weighted by Crippen LogP contribution is 2.56. The molecule has 0 aliphatic rings. The quantitative estimate of drug-likeness (QED) is 0.0145. The molecule has 0 bridgehead atoms. The van der Waals surface area contributed by atoms with E-state index in [9.17, 15) is 47.9 Å². The summed E-state index contributed by atoms with van der Waals surface area (Å²) >= 11 is 0. The Hall–Kier alpha value is -5.35. The molecular formula is C56H77Br2N5O14PS2-. The van der Waals surface area contributed by atoms with E-state index >= 15 is 0 Å². The molecule has 19 nitrogen and oxygen atoms in total. The molecule has 0 heterocycles. The molecule has 0 aliphatic heterocycles. The molecule has 3 aromatic carbocycles. The van der Waals surface area contributed by atoms with Crippen molar-refractivity contribution in [3.8, 4) is 0 Å². The van der Waals surface area contributed by atoms with Crippen LogP contribution in [0.3, 0.4) is 0 Å². The highest BCUT2D eigenvalue weighted by Gasteiger charge is 2.44. The Kier molecular flexibility index (Phi) is 37.8. The third-order valence-electron chi connectivity index (χ3n) is 12.2. The molecule has 3 rings (SSSR count). The van der Waals surface area contributed by atoms with Crippen LogP contribution in [-0.2, 0) is 66.9 Å². The normalized spacial score (nSPS) is 12.2. The first kappa shape index (κ1) is 72.7. The second-order valence-electron chi connectivity index (χ2n) is 17.9. The summed E-state index contributed by atoms with van der Waals surface area (Å²) < 4.78 is 19.7. The van der Waals surface area contributed by atoms with Crippen molar-refractivity contribution < 1.29 is 101 Å². The molecule has 0 saturated heterocycles. The van der Waals surface area contributed by atoms with Crippen molar-refractivity contribution in [1.29, 1.82) is 0 Å². The molecule has 5 N–H and O–H groups in total. The molecule has 442 valence electrons. The first-order valence-electron chi connectivity index (χ1n) is 26.4. The number of unbranched alkanes of at least 4 members (excludes halogenated alkanes) is 3. The average Bonchev–Trinajstić information content (AvgIpc) is 3.48. The van der Waals surface area contributed by atoms with Crippen LogP contribution in [0, 0.1) is 0 Å². The van der Waals surface area contributed by atoms with Crippen LogP contribution in [0.1, 0.15) is 104 Å². The van der Waals surface area contributed by atoms with E-state index in [1.165, 1.54) is 23.0 Å². The summed E-state index contributed by atoms with van der Waals surface area (Å²) in [6, 6.07) is 26.5. The van der Waals surface area contributed by atoms with E-state index in [-0.39, 0.29) is 116 Å². The van der Waals surface area contributed by atoms with Crippen molar-refractivity contribution in [2.24, 2.45) is 0 Å². The van der Waals surface area contributed by atoms with Crippen molar-refractivity contribution in [2.45, 2.75) is 128 Å².